The van der Waals surface area contributed by atoms with Crippen LogP contribution in [-0.4, -0.2) is 98.1 Å². The second kappa shape index (κ2) is 12.6. The van der Waals surface area contributed by atoms with Crippen LogP contribution in [0.2, 0.25) is 0 Å². The molecule has 25 heavy (non-hydrogen) atoms. The summed E-state index contributed by atoms with van der Waals surface area (Å²) in [5.74, 6) is 3.04. The van der Waals surface area contributed by atoms with Crippen LogP contribution in [0.5, 0.6) is 0 Å². The molecule has 0 aromatic carbocycles. The molecule has 0 aromatic rings. The van der Waals surface area contributed by atoms with Crippen molar-refractivity contribution in [2.75, 3.05) is 72.2 Å². The molecular weight excluding hydrogens is 445 g/mol. The third kappa shape index (κ3) is 8.22. The van der Waals surface area contributed by atoms with Crippen molar-refractivity contribution in [1.29, 1.82) is 0 Å². The molecule has 7 heteroatoms. The maximum atomic E-state index is 4.52. The van der Waals surface area contributed by atoms with Crippen molar-refractivity contribution in [3.05, 3.63) is 0 Å². The number of nitrogens with one attached hydrogen (secondary N) is 1. The Morgan fingerprint density at radius 1 is 1.20 bits per heavy atom. The smallest absolute Gasteiger partial charge is 0.193 e. The number of rotatable bonds is 5. The van der Waals surface area contributed by atoms with Gasteiger partial charge in [0.25, 0.3) is 0 Å². The molecule has 0 radical (unpaired) electrons. The first-order valence-corrected chi connectivity index (χ1v) is 10.6. The zero-order valence-corrected chi connectivity index (χ0v) is 19.7. The molecule has 0 saturated carbocycles. The molecule has 148 valence electrons. The van der Waals surface area contributed by atoms with Crippen LogP contribution in [0, 0.1) is 5.92 Å². The van der Waals surface area contributed by atoms with E-state index in [0.717, 1.165) is 36.8 Å². The van der Waals surface area contributed by atoms with Crippen molar-refractivity contribution < 1.29 is 0 Å². The number of nitrogens with zero attached hydrogens (tertiary/aromatic N) is 4. The van der Waals surface area contributed by atoms with Crippen LogP contribution in [0.15, 0.2) is 4.99 Å². The largest absolute Gasteiger partial charge is 0.356 e. The van der Waals surface area contributed by atoms with Gasteiger partial charge in [-0.05, 0) is 45.4 Å². The van der Waals surface area contributed by atoms with E-state index in [0.29, 0.717) is 0 Å². The average molecular weight is 484 g/mol. The highest BCUT2D eigenvalue weighted by atomic mass is 127. The van der Waals surface area contributed by atoms with Gasteiger partial charge in [-0.15, -0.1) is 24.0 Å². The van der Waals surface area contributed by atoms with Crippen LogP contribution < -0.4 is 5.32 Å². The van der Waals surface area contributed by atoms with Gasteiger partial charge in [0.05, 0.1) is 0 Å². The lowest BCUT2D eigenvalue weighted by atomic mass is 10.1. The van der Waals surface area contributed by atoms with Gasteiger partial charge in [-0.3, -0.25) is 4.99 Å². The molecule has 2 fully saturated rings. The first-order chi connectivity index (χ1) is 11.6. The molecule has 0 amide bonds. The molecule has 0 aliphatic carbocycles. The van der Waals surface area contributed by atoms with Gasteiger partial charge in [0.1, 0.15) is 0 Å². The Kier molecular flexibility index (Phi) is 11.8. The molecule has 1 N–H and O–H groups in total. The number of hydrogen-bond donors (Lipinski definition) is 1. The highest BCUT2D eigenvalue weighted by Crippen LogP contribution is 2.24. The van der Waals surface area contributed by atoms with Gasteiger partial charge in [-0.25, -0.2) is 0 Å². The lowest BCUT2D eigenvalue weighted by molar-refractivity contribution is 0.273. The van der Waals surface area contributed by atoms with Crippen molar-refractivity contribution >= 4 is 41.7 Å². The summed E-state index contributed by atoms with van der Waals surface area (Å²) in [6.07, 6.45) is 2.49. The average Bonchev–Trinajstić information content (AvgIpc) is 2.79. The second-order valence-corrected chi connectivity index (χ2v) is 8.77. The fraction of sp³-hybridized carbons (Fsp3) is 0.944. The number of guanidine groups is 1. The van der Waals surface area contributed by atoms with Crippen molar-refractivity contribution in [2.24, 2.45) is 10.9 Å². The first-order valence-electron chi connectivity index (χ1n) is 9.58. The Hall–Kier alpha value is 0.270. The van der Waals surface area contributed by atoms with Crippen molar-refractivity contribution in [1.82, 2.24) is 20.0 Å². The van der Waals surface area contributed by atoms with E-state index in [2.05, 4.69) is 57.7 Å². The summed E-state index contributed by atoms with van der Waals surface area (Å²) < 4.78 is 0. The van der Waals surface area contributed by atoms with Crippen LogP contribution in [0.1, 0.15) is 26.7 Å². The lowest BCUT2D eigenvalue weighted by Gasteiger charge is -2.36. The second-order valence-electron chi connectivity index (χ2n) is 7.43. The number of thioether (sulfide) groups is 1. The molecule has 1 atom stereocenters. The number of aliphatic imine (C=N–C) groups is 1. The highest BCUT2D eigenvalue weighted by Gasteiger charge is 2.24. The standard InChI is InChI=1S/C18H37N5S.HI/c1-16(2)17-15-23(13-14-24-17)18(19-3)20-7-5-9-22-10-6-8-21(4)11-12-22;/h16-17H,5-15H2,1-4H3,(H,19,20);1H. The van der Waals surface area contributed by atoms with E-state index in [1.54, 1.807) is 0 Å². The summed E-state index contributed by atoms with van der Waals surface area (Å²) in [6.45, 7) is 14.0. The van der Waals surface area contributed by atoms with Crippen molar-refractivity contribution in [2.45, 2.75) is 31.9 Å². The Morgan fingerprint density at radius 2 is 2.00 bits per heavy atom. The summed E-state index contributed by atoms with van der Waals surface area (Å²) in [5, 5.41) is 4.32. The van der Waals surface area contributed by atoms with Crippen molar-refractivity contribution in [3.63, 3.8) is 0 Å². The summed E-state index contributed by atoms with van der Waals surface area (Å²) in [4.78, 5) is 12.0. The number of halogens is 1. The summed E-state index contributed by atoms with van der Waals surface area (Å²) in [7, 11) is 4.15. The van der Waals surface area contributed by atoms with Gasteiger partial charge in [0.15, 0.2) is 5.96 Å². The number of hydrogen-bond acceptors (Lipinski definition) is 4. The van der Waals surface area contributed by atoms with E-state index < -0.39 is 0 Å². The Morgan fingerprint density at radius 3 is 2.72 bits per heavy atom. The zero-order chi connectivity index (χ0) is 17.4. The third-order valence-corrected chi connectivity index (χ3v) is 6.63. The van der Waals surface area contributed by atoms with E-state index in [9.17, 15) is 0 Å². The maximum absolute atomic E-state index is 4.52. The molecule has 5 nitrogen and oxygen atoms in total. The molecule has 2 heterocycles. The molecule has 2 saturated heterocycles. The highest BCUT2D eigenvalue weighted by molar-refractivity contribution is 14.0. The quantitative estimate of drug-likeness (QED) is 0.281. The third-order valence-electron chi connectivity index (χ3n) is 5.09. The Labute approximate surface area is 176 Å². The molecule has 2 aliphatic heterocycles. The van der Waals surface area contributed by atoms with E-state index in [-0.39, 0.29) is 24.0 Å². The molecule has 0 spiro atoms. The minimum absolute atomic E-state index is 0. The lowest BCUT2D eigenvalue weighted by Crippen LogP contribution is -2.49. The molecular formula is C18H38IN5S. The summed E-state index contributed by atoms with van der Waals surface area (Å²) in [5.41, 5.74) is 0. The minimum Gasteiger partial charge on any atom is -0.356 e. The molecule has 0 bridgehead atoms. The molecule has 2 rings (SSSR count). The normalized spacial score (nSPS) is 24.1. The first kappa shape index (κ1) is 23.3. The van der Waals surface area contributed by atoms with Gasteiger partial charge >= 0.3 is 0 Å². The van der Waals surface area contributed by atoms with Crippen LogP contribution >= 0.6 is 35.7 Å². The SMILES string of the molecule is CN=C(NCCCN1CCCN(C)CC1)N1CCSC(C(C)C)C1.I. The van der Waals surface area contributed by atoms with E-state index in [1.807, 2.05) is 7.05 Å². The van der Waals surface area contributed by atoms with E-state index >= 15 is 0 Å². The Bertz CT molecular complexity index is 394. The fourth-order valence-corrected chi connectivity index (χ4v) is 4.73. The van der Waals surface area contributed by atoms with Gasteiger partial charge in [0, 0.05) is 50.8 Å². The van der Waals surface area contributed by atoms with E-state index in [4.69, 9.17) is 0 Å². The zero-order valence-electron chi connectivity index (χ0n) is 16.5. The van der Waals surface area contributed by atoms with Gasteiger partial charge in [0.2, 0.25) is 0 Å². The fourth-order valence-electron chi connectivity index (χ4n) is 3.43. The van der Waals surface area contributed by atoms with Gasteiger partial charge < -0.3 is 20.0 Å². The van der Waals surface area contributed by atoms with E-state index in [1.165, 1.54) is 51.3 Å². The summed E-state index contributed by atoms with van der Waals surface area (Å²) >= 11 is 2.12. The van der Waals surface area contributed by atoms with Gasteiger partial charge in [-0.1, -0.05) is 13.8 Å². The maximum Gasteiger partial charge on any atom is 0.193 e. The van der Waals surface area contributed by atoms with Crippen LogP contribution in [0.25, 0.3) is 0 Å². The van der Waals surface area contributed by atoms with Crippen molar-refractivity contribution in [3.8, 4) is 0 Å². The van der Waals surface area contributed by atoms with Crippen LogP contribution in [0.4, 0.5) is 0 Å². The topological polar surface area (TPSA) is 34.1 Å². The monoisotopic (exact) mass is 483 g/mol. The van der Waals surface area contributed by atoms with Crippen LogP contribution in [0.3, 0.4) is 0 Å². The number of likely N-dealkylation sites (N-methyl/N-ethyl adjacent to an activating group) is 1. The molecule has 0 aromatic heterocycles. The molecule has 2 aliphatic rings. The van der Waals surface area contributed by atoms with Crippen LogP contribution in [-0.2, 0) is 0 Å². The Balaban J connectivity index is 0.00000312. The summed E-state index contributed by atoms with van der Waals surface area (Å²) in [6, 6.07) is 0. The predicted octanol–water partition coefficient (Wildman–Crippen LogP) is 2.28. The minimum atomic E-state index is 0. The van der Waals surface area contributed by atoms with Gasteiger partial charge in [-0.2, -0.15) is 11.8 Å². The predicted molar refractivity (Wildman–Crippen MR) is 123 cm³/mol. The molecule has 1 unspecified atom stereocenters.